The molecular formula is C8H12BrNO2S. The Labute approximate surface area is 89.6 Å². The van der Waals surface area contributed by atoms with E-state index in [-0.39, 0.29) is 6.61 Å². The molecule has 3 N–H and O–H groups in total. The van der Waals surface area contributed by atoms with Gasteiger partial charge in [0.05, 0.1) is 23.7 Å². The largest absolute Gasteiger partial charge is 0.486 e. The highest BCUT2D eigenvalue weighted by atomic mass is 79.9. The fraction of sp³-hybridized carbons (Fsp3) is 0.500. The van der Waals surface area contributed by atoms with Crippen LogP contribution in [0, 0.1) is 0 Å². The van der Waals surface area contributed by atoms with Crippen LogP contribution in [0.2, 0.25) is 0 Å². The number of ether oxygens (including phenoxy) is 1. The summed E-state index contributed by atoms with van der Waals surface area (Å²) < 4.78 is 5.97. The van der Waals surface area contributed by atoms with Crippen LogP contribution in [-0.4, -0.2) is 18.8 Å². The van der Waals surface area contributed by atoms with Gasteiger partial charge in [0.2, 0.25) is 0 Å². The summed E-state index contributed by atoms with van der Waals surface area (Å²) >= 11 is 4.78. The van der Waals surface area contributed by atoms with Crippen LogP contribution in [0.15, 0.2) is 10.5 Å². The molecule has 0 saturated carbocycles. The molecular weight excluding hydrogens is 254 g/mol. The summed E-state index contributed by atoms with van der Waals surface area (Å²) in [6.45, 7) is 1.70. The molecule has 0 saturated heterocycles. The van der Waals surface area contributed by atoms with Crippen LogP contribution >= 0.6 is 27.3 Å². The van der Waals surface area contributed by atoms with E-state index in [2.05, 4.69) is 15.9 Å². The van der Waals surface area contributed by atoms with E-state index in [1.807, 2.05) is 6.07 Å². The molecule has 1 atom stereocenters. The van der Waals surface area contributed by atoms with E-state index < -0.39 is 5.54 Å². The molecule has 0 radical (unpaired) electrons. The van der Waals surface area contributed by atoms with Crippen LogP contribution in [-0.2, 0) is 5.54 Å². The lowest BCUT2D eigenvalue weighted by atomic mass is 10.0. The predicted octanol–water partition coefficient (Wildman–Crippen LogP) is 1.69. The second kappa shape index (κ2) is 3.96. The van der Waals surface area contributed by atoms with Crippen molar-refractivity contribution in [3.05, 3.63) is 15.4 Å². The summed E-state index contributed by atoms with van der Waals surface area (Å²) in [5.74, 6) is 0. The molecule has 5 heteroatoms. The van der Waals surface area contributed by atoms with Gasteiger partial charge in [-0.2, -0.15) is 0 Å². The maximum absolute atomic E-state index is 9.05. The Bertz CT molecular complexity index is 298. The Kier molecular flexibility index (Phi) is 3.34. The Balaban J connectivity index is 3.03. The molecule has 3 nitrogen and oxygen atoms in total. The lowest BCUT2D eigenvalue weighted by Crippen LogP contribution is -2.35. The molecule has 0 bridgehead atoms. The van der Waals surface area contributed by atoms with E-state index in [4.69, 9.17) is 15.6 Å². The van der Waals surface area contributed by atoms with Crippen molar-refractivity contribution < 1.29 is 9.84 Å². The molecule has 0 spiro atoms. The Hall–Kier alpha value is -0.100. The van der Waals surface area contributed by atoms with E-state index in [9.17, 15) is 0 Å². The Morgan fingerprint density at radius 1 is 1.77 bits per heavy atom. The summed E-state index contributed by atoms with van der Waals surface area (Å²) in [4.78, 5) is 0.902. The molecule has 1 heterocycles. The van der Waals surface area contributed by atoms with Crippen LogP contribution in [0.3, 0.4) is 0 Å². The summed E-state index contributed by atoms with van der Waals surface area (Å²) in [6.07, 6.45) is 0. The topological polar surface area (TPSA) is 55.5 Å². The standard InChI is InChI=1S/C8H12BrNO2S/c1-8(10,4-11)6-3-5(9)7(12-2)13-6/h3,11H,4,10H2,1-2H3. The molecule has 74 valence electrons. The first-order valence-electron chi connectivity index (χ1n) is 3.75. The normalized spacial score (nSPS) is 15.5. The third-order valence-electron chi connectivity index (χ3n) is 1.73. The first kappa shape index (κ1) is 11.0. The molecule has 1 rings (SSSR count). The minimum absolute atomic E-state index is 0.0803. The Morgan fingerprint density at radius 2 is 2.38 bits per heavy atom. The second-order valence-electron chi connectivity index (χ2n) is 3.03. The van der Waals surface area contributed by atoms with Gasteiger partial charge in [0.15, 0.2) is 5.06 Å². The molecule has 0 aliphatic heterocycles. The van der Waals surface area contributed by atoms with Crippen molar-refractivity contribution in [3.8, 4) is 5.06 Å². The molecule has 1 aromatic heterocycles. The number of aliphatic hydroxyl groups is 1. The SMILES string of the molecule is COc1sc(C(C)(N)CO)cc1Br. The zero-order valence-corrected chi connectivity index (χ0v) is 9.91. The number of thiophene rings is 1. The number of hydrogen-bond acceptors (Lipinski definition) is 4. The van der Waals surface area contributed by atoms with Gasteiger partial charge >= 0.3 is 0 Å². The maximum atomic E-state index is 9.05. The highest BCUT2D eigenvalue weighted by molar-refractivity contribution is 9.10. The molecule has 13 heavy (non-hydrogen) atoms. The van der Waals surface area contributed by atoms with Gasteiger partial charge in [0.25, 0.3) is 0 Å². The van der Waals surface area contributed by atoms with E-state index in [1.165, 1.54) is 11.3 Å². The zero-order chi connectivity index (χ0) is 10.1. The molecule has 0 amide bonds. The van der Waals surface area contributed by atoms with Gasteiger partial charge in [0.1, 0.15) is 0 Å². The highest BCUT2D eigenvalue weighted by Gasteiger charge is 2.24. The minimum atomic E-state index is -0.691. The third kappa shape index (κ3) is 2.22. The average molecular weight is 266 g/mol. The second-order valence-corrected chi connectivity index (χ2v) is 4.89. The van der Waals surface area contributed by atoms with Crippen molar-refractivity contribution >= 4 is 27.3 Å². The van der Waals surface area contributed by atoms with E-state index >= 15 is 0 Å². The number of methoxy groups -OCH3 is 1. The molecule has 0 aliphatic rings. The molecule has 0 aliphatic carbocycles. The van der Waals surface area contributed by atoms with Crippen molar-refractivity contribution in [2.45, 2.75) is 12.5 Å². The van der Waals surface area contributed by atoms with Crippen molar-refractivity contribution in [2.24, 2.45) is 5.73 Å². The summed E-state index contributed by atoms with van der Waals surface area (Å²) in [5, 5.41) is 9.82. The molecule has 1 aromatic rings. The van der Waals surface area contributed by atoms with Gasteiger partial charge in [-0.1, -0.05) is 0 Å². The van der Waals surface area contributed by atoms with Crippen molar-refractivity contribution in [1.82, 2.24) is 0 Å². The monoisotopic (exact) mass is 265 g/mol. The quantitative estimate of drug-likeness (QED) is 0.875. The number of halogens is 1. The lowest BCUT2D eigenvalue weighted by Gasteiger charge is -2.19. The van der Waals surface area contributed by atoms with E-state index in [0.29, 0.717) is 0 Å². The maximum Gasteiger partial charge on any atom is 0.188 e. The zero-order valence-electron chi connectivity index (χ0n) is 7.50. The van der Waals surface area contributed by atoms with Crippen LogP contribution in [0.5, 0.6) is 5.06 Å². The van der Waals surface area contributed by atoms with Gasteiger partial charge in [-0.15, -0.1) is 11.3 Å². The van der Waals surface area contributed by atoms with Gasteiger partial charge in [-0.3, -0.25) is 0 Å². The van der Waals surface area contributed by atoms with E-state index in [0.717, 1.165) is 14.4 Å². The number of aliphatic hydroxyl groups excluding tert-OH is 1. The summed E-state index contributed by atoms with van der Waals surface area (Å²) in [6, 6.07) is 1.87. The lowest BCUT2D eigenvalue weighted by molar-refractivity contribution is 0.212. The molecule has 1 unspecified atom stereocenters. The summed E-state index contributed by atoms with van der Waals surface area (Å²) in [7, 11) is 1.60. The van der Waals surface area contributed by atoms with Crippen molar-refractivity contribution in [2.75, 3.05) is 13.7 Å². The first-order valence-corrected chi connectivity index (χ1v) is 5.35. The predicted molar refractivity (Wildman–Crippen MR) is 57.2 cm³/mol. The molecule has 0 aromatic carbocycles. The fourth-order valence-corrected chi connectivity index (χ4v) is 2.55. The number of nitrogens with two attached hydrogens (primary N) is 1. The fourth-order valence-electron chi connectivity index (χ4n) is 0.851. The van der Waals surface area contributed by atoms with Gasteiger partial charge in [-0.25, -0.2) is 0 Å². The van der Waals surface area contributed by atoms with Crippen LogP contribution in [0.25, 0.3) is 0 Å². The van der Waals surface area contributed by atoms with Crippen LogP contribution < -0.4 is 10.5 Å². The average Bonchev–Trinajstić information content (AvgIpc) is 2.47. The van der Waals surface area contributed by atoms with Crippen molar-refractivity contribution in [3.63, 3.8) is 0 Å². The molecule has 0 fully saturated rings. The van der Waals surface area contributed by atoms with Crippen LogP contribution in [0.1, 0.15) is 11.8 Å². The van der Waals surface area contributed by atoms with Crippen molar-refractivity contribution in [1.29, 1.82) is 0 Å². The number of hydrogen-bond donors (Lipinski definition) is 2. The summed E-state index contributed by atoms with van der Waals surface area (Å²) in [5.41, 5.74) is 5.17. The van der Waals surface area contributed by atoms with E-state index in [1.54, 1.807) is 14.0 Å². The van der Waals surface area contributed by atoms with Gasteiger partial charge in [-0.05, 0) is 28.9 Å². The Morgan fingerprint density at radius 3 is 2.77 bits per heavy atom. The third-order valence-corrected chi connectivity index (χ3v) is 3.96. The van der Waals surface area contributed by atoms with Crippen LogP contribution in [0.4, 0.5) is 0 Å². The first-order chi connectivity index (χ1) is 6.01. The highest BCUT2D eigenvalue weighted by Crippen LogP contribution is 2.38. The van der Waals surface area contributed by atoms with Gasteiger partial charge < -0.3 is 15.6 Å². The number of rotatable bonds is 3. The smallest absolute Gasteiger partial charge is 0.188 e. The minimum Gasteiger partial charge on any atom is -0.486 e. The van der Waals surface area contributed by atoms with Gasteiger partial charge in [0, 0.05) is 4.88 Å².